The molecule has 234 valence electrons. The summed E-state index contributed by atoms with van der Waals surface area (Å²) < 4.78 is 41.1. The van der Waals surface area contributed by atoms with Crippen LogP contribution in [0.1, 0.15) is 69.6 Å². The second-order valence-electron chi connectivity index (χ2n) is 10.5. The molecule has 1 aliphatic rings. The Labute approximate surface area is 258 Å². The highest BCUT2D eigenvalue weighted by Gasteiger charge is 2.39. The third-order valence-electron chi connectivity index (χ3n) is 7.23. The van der Waals surface area contributed by atoms with Crippen molar-refractivity contribution in [1.82, 2.24) is 0 Å². The van der Waals surface area contributed by atoms with Crippen molar-refractivity contribution in [3.63, 3.8) is 0 Å². The lowest BCUT2D eigenvalue weighted by molar-refractivity contribution is 0.0696. The summed E-state index contributed by atoms with van der Waals surface area (Å²) in [5, 5.41) is 0. The van der Waals surface area contributed by atoms with E-state index in [4.69, 9.17) is 32.2 Å². The predicted molar refractivity (Wildman–Crippen MR) is 171 cm³/mol. The molecular formula is C35H48O7Si. The van der Waals surface area contributed by atoms with Crippen molar-refractivity contribution < 1.29 is 32.2 Å². The zero-order chi connectivity index (χ0) is 30.3. The van der Waals surface area contributed by atoms with Gasteiger partial charge in [0.05, 0.1) is 19.8 Å². The van der Waals surface area contributed by atoms with Crippen LogP contribution in [0.3, 0.4) is 0 Å². The Hall–Kier alpha value is -2.88. The third-order valence-corrected chi connectivity index (χ3v) is 10.4. The second-order valence-corrected chi connectivity index (χ2v) is 13.3. The van der Waals surface area contributed by atoms with Crippen LogP contribution < -0.4 is 14.2 Å². The molecule has 43 heavy (non-hydrogen) atoms. The lowest BCUT2D eigenvalue weighted by Gasteiger charge is -2.28. The first-order valence-corrected chi connectivity index (χ1v) is 17.7. The van der Waals surface area contributed by atoms with Gasteiger partial charge in [-0.2, -0.15) is 0 Å². The van der Waals surface area contributed by atoms with Crippen molar-refractivity contribution in [2.24, 2.45) is 0 Å². The lowest BCUT2D eigenvalue weighted by atomic mass is 9.85. The SMILES string of the molecule is CCCCOc1ccc(C(c2ccc(OCCC[Si](OCC)(OCC)OCC)cc2)c2ccc(OCC3CO3)cc2)cc1. The molecule has 0 amide bonds. The summed E-state index contributed by atoms with van der Waals surface area (Å²) in [6.45, 7) is 12.5. The van der Waals surface area contributed by atoms with Crippen molar-refractivity contribution in [2.75, 3.05) is 46.2 Å². The number of rotatable bonds is 21. The fourth-order valence-corrected chi connectivity index (χ4v) is 7.59. The van der Waals surface area contributed by atoms with Crippen molar-refractivity contribution in [3.8, 4) is 17.2 Å². The molecule has 0 bridgehead atoms. The van der Waals surface area contributed by atoms with Gasteiger partial charge in [-0.15, -0.1) is 0 Å². The molecule has 7 nitrogen and oxygen atoms in total. The summed E-state index contributed by atoms with van der Waals surface area (Å²) in [5.41, 5.74) is 3.57. The minimum Gasteiger partial charge on any atom is -0.494 e. The lowest BCUT2D eigenvalue weighted by Crippen LogP contribution is -2.46. The Kier molecular flexibility index (Phi) is 13.4. The minimum atomic E-state index is -2.66. The molecule has 0 radical (unpaired) electrons. The Morgan fingerprint density at radius 2 is 1.05 bits per heavy atom. The molecule has 0 saturated carbocycles. The fraction of sp³-hybridized carbons (Fsp3) is 0.486. The summed E-state index contributed by atoms with van der Waals surface area (Å²) in [6, 6.07) is 26.0. The van der Waals surface area contributed by atoms with Gasteiger partial charge in [0.25, 0.3) is 0 Å². The van der Waals surface area contributed by atoms with Gasteiger partial charge >= 0.3 is 8.80 Å². The quantitative estimate of drug-likeness (QED) is 0.0533. The first-order chi connectivity index (χ1) is 21.1. The molecule has 1 heterocycles. The molecule has 4 rings (SSSR count). The zero-order valence-corrected chi connectivity index (χ0v) is 27.2. The monoisotopic (exact) mass is 608 g/mol. The van der Waals surface area contributed by atoms with E-state index in [1.807, 2.05) is 32.9 Å². The molecule has 0 spiro atoms. The van der Waals surface area contributed by atoms with Gasteiger partial charge in [0.15, 0.2) is 0 Å². The molecule has 3 aromatic rings. The summed E-state index contributed by atoms with van der Waals surface area (Å²) >= 11 is 0. The van der Waals surface area contributed by atoms with Crippen LogP contribution in [0.4, 0.5) is 0 Å². The number of ether oxygens (including phenoxy) is 4. The molecule has 8 heteroatoms. The number of hydrogen-bond donors (Lipinski definition) is 0. The van der Waals surface area contributed by atoms with E-state index in [-0.39, 0.29) is 12.0 Å². The Bertz CT molecular complexity index is 1160. The summed E-state index contributed by atoms with van der Waals surface area (Å²) in [4.78, 5) is 0. The maximum absolute atomic E-state index is 6.12. The normalized spacial score (nSPS) is 15.2. The molecule has 1 saturated heterocycles. The van der Waals surface area contributed by atoms with Crippen LogP contribution in [0.5, 0.6) is 17.2 Å². The van der Waals surface area contributed by atoms with E-state index in [1.54, 1.807) is 0 Å². The average Bonchev–Trinajstić information content (AvgIpc) is 3.86. The molecule has 2 atom stereocenters. The van der Waals surface area contributed by atoms with Gasteiger partial charge in [0.2, 0.25) is 0 Å². The first-order valence-electron chi connectivity index (χ1n) is 15.8. The largest absolute Gasteiger partial charge is 0.501 e. The third kappa shape index (κ3) is 10.4. The van der Waals surface area contributed by atoms with Crippen LogP contribution in [-0.2, 0) is 18.0 Å². The van der Waals surface area contributed by atoms with Crippen molar-refractivity contribution in [3.05, 3.63) is 89.5 Å². The summed E-state index contributed by atoms with van der Waals surface area (Å²) in [7, 11) is -2.66. The molecular weight excluding hydrogens is 560 g/mol. The highest BCUT2D eigenvalue weighted by Crippen LogP contribution is 2.35. The van der Waals surface area contributed by atoms with Gasteiger partial charge in [-0.1, -0.05) is 49.7 Å². The Morgan fingerprint density at radius 3 is 1.44 bits per heavy atom. The van der Waals surface area contributed by atoms with Crippen LogP contribution in [0.2, 0.25) is 6.04 Å². The second kappa shape index (κ2) is 17.4. The number of hydrogen-bond acceptors (Lipinski definition) is 7. The molecule has 1 fully saturated rings. The highest BCUT2D eigenvalue weighted by atomic mass is 28.4. The average molecular weight is 609 g/mol. The van der Waals surface area contributed by atoms with Gasteiger partial charge in [0, 0.05) is 31.8 Å². The molecule has 3 aromatic carbocycles. The predicted octanol–water partition coefficient (Wildman–Crippen LogP) is 7.64. The van der Waals surface area contributed by atoms with E-state index >= 15 is 0 Å². The number of unbranched alkanes of at least 4 members (excludes halogenated alkanes) is 1. The zero-order valence-electron chi connectivity index (χ0n) is 26.2. The number of epoxide rings is 1. The highest BCUT2D eigenvalue weighted by molar-refractivity contribution is 6.60. The van der Waals surface area contributed by atoms with Crippen LogP contribution in [0.25, 0.3) is 0 Å². The van der Waals surface area contributed by atoms with Crippen LogP contribution in [-0.4, -0.2) is 61.2 Å². The van der Waals surface area contributed by atoms with E-state index in [0.717, 1.165) is 55.8 Å². The van der Waals surface area contributed by atoms with E-state index in [2.05, 4.69) is 67.6 Å². The molecule has 0 aliphatic carbocycles. The van der Waals surface area contributed by atoms with Gasteiger partial charge in [-0.3, -0.25) is 0 Å². The van der Waals surface area contributed by atoms with E-state index in [9.17, 15) is 0 Å². The Morgan fingerprint density at radius 1 is 0.628 bits per heavy atom. The van der Waals surface area contributed by atoms with E-state index in [0.29, 0.717) is 33.0 Å². The van der Waals surface area contributed by atoms with Gasteiger partial charge < -0.3 is 32.2 Å². The molecule has 1 aliphatic heterocycles. The van der Waals surface area contributed by atoms with Crippen molar-refractivity contribution in [1.29, 1.82) is 0 Å². The van der Waals surface area contributed by atoms with Crippen molar-refractivity contribution in [2.45, 2.75) is 65.0 Å². The van der Waals surface area contributed by atoms with Gasteiger partial charge in [0.1, 0.15) is 30.0 Å². The summed E-state index contributed by atoms with van der Waals surface area (Å²) in [5.74, 6) is 2.64. The van der Waals surface area contributed by atoms with E-state index in [1.165, 1.54) is 16.7 Å². The van der Waals surface area contributed by atoms with E-state index < -0.39 is 8.80 Å². The van der Waals surface area contributed by atoms with Crippen LogP contribution in [0, 0.1) is 0 Å². The first kappa shape index (κ1) is 33.0. The van der Waals surface area contributed by atoms with Gasteiger partial charge in [-0.05, 0) is 86.7 Å². The summed E-state index contributed by atoms with van der Waals surface area (Å²) in [6.07, 6.45) is 3.19. The minimum absolute atomic E-state index is 0.0507. The van der Waals surface area contributed by atoms with Crippen molar-refractivity contribution >= 4 is 8.80 Å². The molecule has 2 unspecified atom stereocenters. The maximum atomic E-state index is 6.12. The molecule has 0 N–H and O–H groups in total. The molecule has 0 aromatic heterocycles. The standard InChI is InChI=1S/C35H48O7Si/c1-5-9-23-36-31-17-11-28(12-18-31)35(30-15-21-33(22-16-30)38-26-34-27-39-34)29-13-19-32(20-14-29)37-24-10-25-43(40-6-2,41-7-3)42-8-4/h11-22,34-35H,5-10,23-27H2,1-4H3. The van der Waals surface area contributed by atoms with Gasteiger partial charge in [-0.25, -0.2) is 0 Å². The maximum Gasteiger partial charge on any atom is 0.501 e. The van der Waals surface area contributed by atoms with Crippen LogP contribution in [0.15, 0.2) is 72.8 Å². The fourth-order valence-electron chi connectivity index (χ4n) is 5.01. The number of benzene rings is 3. The Balaban J connectivity index is 1.44. The smallest absolute Gasteiger partial charge is 0.494 e. The van der Waals surface area contributed by atoms with Crippen LogP contribution >= 0.6 is 0 Å². The topological polar surface area (TPSA) is 67.9 Å².